The summed E-state index contributed by atoms with van der Waals surface area (Å²) in [5, 5.41) is 4.40. The number of methoxy groups -OCH3 is 1. The van der Waals surface area contributed by atoms with Gasteiger partial charge < -0.3 is 20.4 Å². The third-order valence-corrected chi connectivity index (χ3v) is 4.46. The zero-order valence-corrected chi connectivity index (χ0v) is 15.1. The molecule has 7 heteroatoms. The van der Waals surface area contributed by atoms with E-state index in [1.165, 1.54) is 7.11 Å². The number of primary amides is 1. The first-order valence-corrected chi connectivity index (χ1v) is 8.28. The van der Waals surface area contributed by atoms with Gasteiger partial charge in [-0.15, -0.1) is 0 Å². The zero-order valence-electron chi connectivity index (χ0n) is 14.4. The number of hydrogen-bond acceptors (Lipinski definition) is 3. The Bertz CT molecular complexity index is 1010. The smallest absolute Gasteiger partial charge is 0.268 e. The summed E-state index contributed by atoms with van der Waals surface area (Å²) in [6.45, 7) is 0.255. The van der Waals surface area contributed by atoms with Gasteiger partial charge in [-0.25, -0.2) is 0 Å². The summed E-state index contributed by atoms with van der Waals surface area (Å²) in [4.78, 5) is 24.1. The van der Waals surface area contributed by atoms with Gasteiger partial charge >= 0.3 is 0 Å². The highest BCUT2D eigenvalue weighted by Gasteiger charge is 2.14. The van der Waals surface area contributed by atoms with Gasteiger partial charge in [-0.1, -0.05) is 23.7 Å². The number of fused-ring (bicyclic) bond motifs is 1. The molecule has 3 rings (SSSR count). The van der Waals surface area contributed by atoms with Crippen LogP contribution < -0.4 is 15.8 Å². The average Bonchev–Trinajstić information content (AvgIpc) is 2.95. The van der Waals surface area contributed by atoms with E-state index < -0.39 is 5.91 Å². The molecule has 3 aromatic rings. The highest BCUT2D eigenvalue weighted by atomic mass is 35.5. The molecule has 0 saturated heterocycles. The molecule has 0 unspecified atom stereocenters. The van der Waals surface area contributed by atoms with Crippen LogP contribution in [0, 0.1) is 0 Å². The normalized spacial score (nSPS) is 10.7. The number of aryl methyl sites for hydroxylation is 1. The number of aromatic nitrogens is 1. The molecule has 0 fully saturated rings. The van der Waals surface area contributed by atoms with Gasteiger partial charge in [0.1, 0.15) is 11.4 Å². The van der Waals surface area contributed by atoms with Crippen LogP contribution in [0.3, 0.4) is 0 Å². The minimum absolute atomic E-state index is 0.226. The summed E-state index contributed by atoms with van der Waals surface area (Å²) in [6, 6.07) is 12.3. The largest absolute Gasteiger partial charge is 0.496 e. The van der Waals surface area contributed by atoms with Gasteiger partial charge in [0.15, 0.2) is 0 Å². The van der Waals surface area contributed by atoms with E-state index in [9.17, 15) is 9.59 Å². The van der Waals surface area contributed by atoms with Crippen molar-refractivity contribution in [3.63, 3.8) is 0 Å². The number of hydrogen-bond donors (Lipinski definition) is 2. The number of benzene rings is 2. The van der Waals surface area contributed by atoms with Crippen molar-refractivity contribution in [1.29, 1.82) is 0 Å². The lowest BCUT2D eigenvalue weighted by atomic mass is 10.1. The Morgan fingerprint density at radius 1 is 1.19 bits per heavy atom. The molecule has 0 spiro atoms. The summed E-state index contributed by atoms with van der Waals surface area (Å²) < 4.78 is 6.90. The van der Waals surface area contributed by atoms with Crippen LogP contribution in [-0.2, 0) is 13.6 Å². The zero-order chi connectivity index (χ0) is 18.8. The predicted molar refractivity (Wildman–Crippen MR) is 101 cm³/mol. The Labute approximate surface area is 155 Å². The number of rotatable bonds is 5. The molecular formula is C19H18ClN3O3. The lowest BCUT2D eigenvalue weighted by Crippen LogP contribution is -2.25. The lowest BCUT2D eigenvalue weighted by molar-refractivity contribution is 0.0942. The molecule has 1 aromatic heterocycles. The first kappa shape index (κ1) is 17.8. The number of carbonyl (C=O) groups excluding carboxylic acids is 2. The molecule has 134 valence electrons. The number of nitrogens with two attached hydrogens (primary N) is 1. The van der Waals surface area contributed by atoms with E-state index in [0.717, 1.165) is 16.5 Å². The van der Waals surface area contributed by atoms with Crippen molar-refractivity contribution in [1.82, 2.24) is 9.88 Å². The van der Waals surface area contributed by atoms with Crippen LogP contribution in [-0.4, -0.2) is 23.5 Å². The molecule has 3 N–H and O–H groups in total. The molecule has 2 aromatic carbocycles. The second kappa shape index (κ2) is 7.09. The number of carbonyl (C=O) groups is 2. The molecule has 0 aliphatic heterocycles. The summed E-state index contributed by atoms with van der Waals surface area (Å²) in [7, 11) is 3.28. The summed E-state index contributed by atoms with van der Waals surface area (Å²) in [5.74, 6) is -0.407. The Kier molecular flexibility index (Phi) is 4.86. The van der Waals surface area contributed by atoms with E-state index in [4.69, 9.17) is 22.1 Å². The molecular weight excluding hydrogens is 354 g/mol. The van der Waals surface area contributed by atoms with Crippen molar-refractivity contribution in [2.75, 3.05) is 7.11 Å². The van der Waals surface area contributed by atoms with E-state index in [2.05, 4.69) is 5.32 Å². The minimum Gasteiger partial charge on any atom is -0.496 e. The highest BCUT2D eigenvalue weighted by molar-refractivity contribution is 6.31. The van der Waals surface area contributed by atoms with Crippen molar-refractivity contribution < 1.29 is 14.3 Å². The number of nitrogens with one attached hydrogen (secondary N) is 1. The Balaban J connectivity index is 1.80. The molecule has 0 aliphatic rings. The summed E-state index contributed by atoms with van der Waals surface area (Å²) in [6.07, 6.45) is 0. The lowest BCUT2D eigenvalue weighted by Gasteiger charge is -2.10. The molecule has 1 heterocycles. The van der Waals surface area contributed by atoms with Crippen molar-refractivity contribution in [2.45, 2.75) is 6.54 Å². The van der Waals surface area contributed by atoms with E-state index in [1.807, 2.05) is 25.2 Å². The fourth-order valence-electron chi connectivity index (χ4n) is 2.85. The van der Waals surface area contributed by atoms with E-state index in [1.54, 1.807) is 28.8 Å². The van der Waals surface area contributed by atoms with E-state index in [0.29, 0.717) is 16.5 Å². The molecule has 26 heavy (non-hydrogen) atoms. The standard InChI is InChI=1S/C19H18ClN3O3/c1-23-15-9-13(20)5-4-12(15)8-16(23)19(25)22-10-11-3-6-17(26-2)14(7-11)18(21)24/h3-9H,10H2,1-2H3,(H2,21,24)(H,22,25). The van der Waals surface area contributed by atoms with Crippen LogP contribution in [0.1, 0.15) is 26.4 Å². The van der Waals surface area contributed by atoms with E-state index in [-0.39, 0.29) is 18.0 Å². The first-order chi connectivity index (χ1) is 12.4. The van der Waals surface area contributed by atoms with Gasteiger partial charge in [-0.05, 0) is 35.9 Å². The Morgan fingerprint density at radius 3 is 2.65 bits per heavy atom. The van der Waals surface area contributed by atoms with Crippen LogP contribution in [0.15, 0.2) is 42.5 Å². The van der Waals surface area contributed by atoms with Crippen molar-refractivity contribution in [3.05, 3.63) is 64.3 Å². The van der Waals surface area contributed by atoms with E-state index >= 15 is 0 Å². The Hall–Kier alpha value is -2.99. The molecule has 0 radical (unpaired) electrons. The molecule has 2 amide bonds. The van der Waals surface area contributed by atoms with Crippen LogP contribution in [0.2, 0.25) is 5.02 Å². The fourth-order valence-corrected chi connectivity index (χ4v) is 3.02. The van der Waals surface area contributed by atoms with Crippen LogP contribution in [0.4, 0.5) is 0 Å². The molecule has 0 aliphatic carbocycles. The number of ether oxygens (including phenoxy) is 1. The van der Waals surface area contributed by atoms with Gasteiger partial charge in [-0.3, -0.25) is 9.59 Å². The van der Waals surface area contributed by atoms with Crippen molar-refractivity contribution >= 4 is 34.3 Å². The second-order valence-electron chi connectivity index (χ2n) is 5.87. The molecule has 0 saturated carbocycles. The van der Waals surface area contributed by atoms with Crippen LogP contribution in [0.25, 0.3) is 10.9 Å². The number of nitrogens with zero attached hydrogens (tertiary/aromatic N) is 1. The summed E-state index contributed by atoms with van der Waals surface area (Å²) in [5.41, 5.74) is 7.78. The maximum absolute atomic E-state index is 12.6. The first-order valence-electron chi connectivity index (χ1n) is 7.90. The van der Waals surface area contributed by atoms with Crippen LogP contribution >= 0.6 is 11.6 Å². The molecule has 0 atom stereocenters. The molecule has 6 nitrogen and oxygen atoms in total. The quantitative estimate of drug-likeness (QED) is 0.723. The monoisotopic (exact) mass is 371 g/mol. The fraction of sp³-hybridized carbons (Fsp3) is 0.158. The predicted octanol–water partition coefficient (Wildman–Crippen LogP) is 2.87. The van der Waals surface area contributed by atoms with Gasteiger partial charge in [-0.2, -0.15) is 0 Å². The number of amides is 2. The van der Waals surface area contributed by atoms with Crippen LogP contribution in [0.5, 0.6) is 5.75 Å². The van der Waals surface area contributed by atoms with Gasteiger partial charge in [0.25, 0.3) is 11.8 Å². The average molecular weight is 372 g/mol. The maximum atomic E-state index is 12.6. The third-order valence-electron chi connectivity index (χ3n) is 4.22. The minimum atomic E-state index is -0.583. The third kappa shape index (κ3) is 3.36. The summed E-state index contributed by atoms with van der Waals surface area (Å²) >= 11 is 6.02. The topological polar surface area (TPSA) is 86.3 Å². The van der Waals surface area contributed by atoms with Crippen molar-refractivity contribution in [3.8, 4) is 5.75 Å². The van der Waals surface area contributed by atoms with Gasteiger partial charge in [0.05, 0.1) is 12.7 Å². The number of halogens is 1. The highest BCUT2D eigenvalue weighted by Crippen LogP contribution is 2.23. The van der Waals surface area contributed by atoms with Crippen molar-refractivity contribution in [2.24, 2.45) is 12.8 Å². The SMILES string of the molecule is COc1ccc(CNC(=O)c2cc3ccc(Cl)cc3n2C)cc1C(N)=O. The van der Waals surface area contributed by atoms with Gasteiger partial charge in [0, 0.05) is 29.5 Å². The Morgan fingerprint density at radius 2 is 1.96 bits per heavy atom. The van der Waals surface area contributed by atoms with Gasteiger partial charge in [0.2, 0.25) is 0 Å². The maximum Gasteiger partial charge on any atom is 0.268 e. The molecule has 0 bridgehead atoms. The second-order valence-corrected chi connectivity index (χ2v) is 6.31.